The van der Waals surface area contributed by atoms with Crippen LogP contribution in [0.2, 0.25) is 0 Å². The number of aryl methyl sites for hydroxylation is 1. The zero-order valence-corrected chi connectivity index (χ0v) is 21.3. The maximum atomic E-state index is 13.0. The summed E-state index contributed by atoms with van der Waals surface area (Å²) in [5, 5.41) is 40.2. The molecule has 3 heterocycles. The highest BCUT2D eigenvalue weighted by Gasteiger charge is 2.51. The van der Waals surface area contributed by atoms with Gasteiger partial charge in [-0.3, -0.25) is 0 Å². The third kappa shape index (κ3) is 5.11. The number of aliphatic hydroxyl groups is 2. The summed E-state index contributed by atoms with van der Waals surface area (Å²) in [6, 6.07) is 6.21. The van der Waals surface area contributed by atoms with Gasteiger partial charge >= 0.3 is 6.18 Å². The highest BCUT2D eigenvalue weighted by molar-refractivity contribution is 7.15. The summed E-state index contributed by atoms with van der Waals surface area (Å²) in [4.78, 5) is 12.6. The van der Waals surface area contributed by atoms with Crippen LogP contribution in [0, 0.1) is 6.92 Å². The van der Waals surface area contributed by atoms with E-state index in [1.165, 1.54) is 11.3 Å². The lowest BCUT2D eigenvalue weighted by atomic mass is 9.70. The number of H-pyrrole nitrogens is 1. The molecule has 10 nitrogen and oxygen atoms in total. The molecule has 0 unspecified atom stereocenters. The SMILES string of the molecule is Cc1cc(Nc2nccc(C(F)(F)F)n2)cc(-c2cnc([C@](C)(O)[C@]3(O)CC[C@@H](c4nn[nH]n4)CC3)s2)c1. The Morgan fingerprint density at radius 1 is 1.16 bits per heavy atom. The predicted molar refractivity (Wildman–Crippen MR) is 133 cm³/mol. The quantitative estimate of drug-likeness (QED) is 0.275. The molecule has 1 aromatic carbocycles. The average Bonchev–Trinajstić information content (AvgIpc) is 3.57. The first-order chi connectivity index (χ1) is 17.9. The molecule has 5 rings (SSSR count). The fourth-order valence-electron chi connectivity index (χ4n) is 4.72. The number of halogens is 3. The Morgan fingerprint density at radius 2 is 1.92 bits per heavy atom. The highest BCUT2D eigenvalue weighted by Crippen LogP contribution is 2.47. The van der Waals surface area contributed by atoms with Crippen LogP contribution in [-0.4, -0.2) is 51.4 Å². The second-order valence-electron chi connectivity index (χ2n) is 9.65. The number of hydrogen-bond donors (Lipinski definition) is 4. The van der Waals surface area contributed by atoms with Gasteiger partial charge in [-0.25, -0.2) is 15.0 Å². The minimum absolute atomic E-state index is 0.0516. The number of hydrogen-bond acceptors (Lipinski definition) is 10. The van der Waals surface area contributed by atoms with E-state index in [2.05, 4.69) is 40.9 Å². The van der Waals surface area contributed by atoms with Crippen LogP contribution in [0.3, 0.4) is 0 Å². The molecule has 1 aliphatic carbocycles. The Bertz CT molecular complexity index is 1420. The largest absolute Gasteiger partial charge is 0.433 e. The van der Waals surface area contributed by atoms with Gasteiger partial charge in [-0.1, -0.05) is 11.3 Å². The number of nitrogens with zero attached hydrogens (tertiary/aromatic N) is 6. The molecule has 0 aliphatic heterocycles. The van der Waals surface area contributed by atoms with Crippen molar-refractivity contribution in [2.45, 2.75) is 62.8 Å². The van der Waals surface area contributed by atoms with Crippen LogP contribution >= 0.6 is 11.3 Å². The second kappa shape index (κ2) is 9.67. The molecule has 1 atom stereocenters. The van der Waals surface area contributed by atoms with Crippen LogP contribution in [0.25, 0.3) is 10.4 Å². The van der Waals surface area contributed by atoms with E-state index < -0.39 is 23.1 Å². The monoisotopic (exact) mass is 546 g/mol. The fourth-order valence-corrected chi connectivity index (χ4v) is 5.76. The molecule has 1 fully saturated rings. The van der Waals surface area contributed by atoms with Gasteiger partial charge in [-0.15, -0.1) is 21.5 Å². The smallest absolute Gasteiger partial charge is 0.386 e. The lowest BCUT2D eigenvalue weighted by Gasteiger charge is -2.44. The van der Waals surface area contributed by atoms with E-state index in [0.717, 1.165) is 28.3 Å². The van der Waals surface area contributed by atoms with Crippen LogP contribution in [-0.2, 0) is 11.8 Å². The summed E-state index contributed by atoms with van der Waals surface area (Å²) < 4.78 is 39.1. The number of thiazole rings is 1. The van der Waals surface area contributed by atoms with E-state index in [-0.39, 0.29) is 11.9 Å². The van der Waals surface area contributed by atoms with Crippen molar-refractivity contribution in [3.63, 3.8) is 0 Å². The van der Waals surface area contributed by atoms with Crippen molar-refractivity contribution in [2.75, 3.05) is 5.32 Å². The third-order valence-electron chi connectivity index (χ3n) is 6.93. The van der Waals surface area contributed by atoms with E-state index in [1.54, 1.807) is 25.3 Å². The van der Waals surface area contributed by atoms with Crippen LogP contribution < -0.4 is 5.32 Å². The van der Waals surface area contributed by atoms with Crippen molar-refractivity contribution >= 4 is 23.0 Å². The zero-order valence-electron chi connectivity index (χ0n) is 20.5. The Kier molecular flexibility index (Phi) is 6.65. The van der Waals surface area contributed by atoms with Crippen LogP contribution in [0.15, 0.2) is 36.7 Å². The topological polar surface area (TPSA) is 146 Å². The molecule has 1 aliphatic rings. The standard InChI is InChI=1S/C24H25F3N8O2S/c1-13-9-15(11-16(10-13)30-21-28-8-5-18(31-21)24(25,26)27)17-12-29-20(38-17)22(2,36)23(37)6-3-14(4-7-23)19-32-34-35-33-19/h5,8-12,14,36-37H,3-4,6-7H2,1-2H3,(H,28,30,31)(H,32,33,34,35)/t14-,22-,23+/m0/s1. The van der Waals surface area contributed by atoms with E-state index >= 15 is 0 Å². The molecule has 0 saturated heterocycles. The van der Waals surface area contributed by atoms with Crippen molar-refractivity contribution in [1.29, 1.82) is 0 Å². The zero-order chi connectivity index (χ0) is 27.1. The molecule has 4 N–H and O–H groups in total. The maximum Gasteiger partial charge on any atom is 0.433 e. The molecule has 1 saturated carbocycles. The van der Waals surface area contributed by atoms with Gasteiger partial charge in [0.05, 0.1) is 10.5 Å². The summed E-state index contributed by atoms with van der Waals surface area (Å²) in [7, 11) is 0. The first-order valence-corrected chi connectivity index (χ1v) is 12.7. The molecule has 4 aromatic rings. The van der Waals surface area contributed by atoms with Crippen molar-refractivity contribution in [1.82, 2.24) is 35.6 Å². The van der Waals surface area contributed by atoms with Gasteiger partial charge in [0.2, 0.25) is 5.95 Å². The van der Waals surface area contributed by atoms with Gasteiger partial charge in [-0.2, -0.15) is 18.4 Å². The molecule has 200 valence electrons. The molecule has 0 amide bonds. The fraction of sp³-hybridized carbons (Fsp3) is 0.417. The first-order valence-electron chi connectivity index (χ1n) is 11.9. The van der Waals surface area contributed by atoms with Crippen molar-refractivity contribution in [3.8, 4) is 10.4 Å². The molecule has 0 spiro atoms. The van der Waals surface area contributed by atoms with E-state index in [9.17, 15) is 23.4 Å². The van der Waals surface area contributed by atoms with E-state index in [1.807, 2.05) is 13.0 Å². The van der Waals surface area contributed by atoms with E-state index in [4.69, 9.17) is 0 Å². The molecule has 14 heteroatoms. The Hall–Kier alpha value is -3.49. The summed E-state index contributed by atoms with van der Waals surface area (Å²) in [6.07, 6.45) is -0.0600. The predicted octanol–water partition coefficient (Wildman–Crippen LogP) is 4.48. The average molecular weight is 547 g/mol. The summed E-state index contributed by atoms with van der Waals surface area (Å²) in [6.45, 7) is 3.42. The number of alkyl halides is 3. The molecular weight excluding hydrogens is 521 g/mol. The minimum Gasteiger partial charge on any atom is -0.386 e. The van der Waals surface area contributed by atoms with Crippen molar-refractivity contribution in [2.24, 2.45) is 0 Å². The Labute approximate surface area is 219 Å². The first kappa shape index (κ1) is 26.1. The van der Waals surface area contributed by atoms with Gasteiger partial charge in [0.1, 0.15) is 16.3 Å². The molecule has 3 aromatic heterocycles. The number of nitrogens with one attached hydrogen (secondary N) is 2. The van der Waals surface area contributed by atoms with Gasteiger partial charge in [0, 0.05) is 24.0 Å². The Balaban J connectivity index is 1.35. The highest BCUT2D eigenvalue weighted by atomic mass is 32.1. The number of benzene rings is 1. The molecular formula is C24H25F3N8O2S. The lowest BCUT2D eigenvalue weighted by Crippen LogP contribution is -2.51. The number of aromatic nitrogens is 7. The maximum absolute atomic E-state index is 13.0. The van der Waals surface area contributed by atoms with Gasteiger partial charge in [0.25, 0.3) is 0 Å². The van der Waals surface area contributed by atoms with Crippen molar-refractivity contribution < 1.29 is 23.4 Å². The second-order valence-corrected chi connectivity index (χ2v) is 10.7. The number of rotatable bonds is 6. The molecule has 38 heavy (non-hydrogen) atoms. The normalized spacial score (nSPS) is 21.7. The number of anilines is 2. The van der Waals surface area contributed by atoms with Gasteiger partial charge < -0.3 is 15.5 Å². The third-order valence-corrected chi connectivity index (χ3v) is 8.19. The summed E-state index contributed by atoms with van der Waals surface area (Å²) in [5.41, 5.74) is -1.94. The van der Waals surface area contributed by atoms with Crippen molar-refractivity contribution in [3.05, 3.63) is 58.7 Å². The number of aromatic amines is 1. The molecule has 0 bridgehead atoms. The Morgan fingerprint density at radius 3 is 2.61 bits per heavy atom. The summed E-state index contributed by atoms with van der Waals surface area (Å²) in [5.74, 6) is 0.473. The van der Waals surface area contributed by atoms with Crippen LogP contribution in [0.5, 0.6) is 0 Å². The minimum atomic E-state index is -4.58. The van der Waals surface area contributed by atoms with Crippen LogP contribution in [0.1, 0.15) is 60.6 Å². The lowest BCUT2D eigenvalue weighted by molar-refractivity contribution is -0.166. The molecule has 0 radical (unpaired) electrons. The van der Waals surface area contributed by atoms with Crippen LogP contribution in [0.4, 0.5) is 24.8 Å². The van der Waals surface area contributed by atoms with E-state index in [0.29, 0.717) is 42.2 Å². The van der Waals surface area contributed by atoms with Gasteiger partial charge in [-0.05, 0) is 68.9 Å². The van der Waals surface area contributed by atoms with Gasteiger partial charge in [0.15, 0.2) is 5.82 Å². The number of tetrazole rings is 1. The summed E-state index contributed by atoms with van der Waals surface area (Å²) >= 11 is 1.24.